The van der Waals surface area contributed by atoms with Gasteiger partial charge in [-0.05, 0) is 31.9 Å². The number of rotatable bonds is 8. The van der Waals surface area contributed by atoms with Gasteiger partial charge in [-0.2, -0.15) is 0 Å². The van der Waals surface area contributed by atoms with Gasteiger partial charge in [0.25, 0.3) is 0 Å². The highest BCUT2D eigenvalue weighted by atomic mass is 16.7. The highest BCUT2D eigenvalue weighted by Crippen LogP contribution is 2.14. The lowest BCUT2D eigenvalue weighted by atomic mass is 10.2. The Morgan fingerprint density at radius 3 is 2.62 bits per heavy atom. The van der Waals surface area contributed by atoms with E-state index in [4.69, 9.17) is 9.57 Å². The van der Waals surface area contributed by atoms with Crippen LogP contribution in [0.25, 0.3) is 0 Å². The zero-order chi connectivity index (χ0) is 17.4. The van der Waals surface area contributed by atoms with E-state index in [0.29, 0.717) is 38.2 Å². The van der Waals surface area contributed by atoms with Crippen LogP contribution in [0.15, 0.2) is 60.5 Å². The van der Waals surface area contributed by atoms with Crippen LogP contribution in [-0.4, -0.2) is 17.6 Å². The van der Waals surface area contributed by atoms with Gasteiger partial charge in [0, 0.05) is 19.0 Å². The van der Waals surface area contributed by atoms with E-state index in [9.17, 15) is 4.79 Å². The maximum Gasteiger partial charge on any atom is 0.306 e. The smallest absolute Gasteiger partial charge is 0.306 e. The molecule has 1 aliphatic heterocycles. The predicted octanol–water partition coefficient (Wildman–Crippen LogP) is 4.43. The monoisotopic (exact) mass is 327 g/mol. The molecule has 128 valence electrons. The molecule has 1 aromatic carbocycles. The predicted molar refractivity (Wildman–Crippen MR) is 94.7 cm³/mol. The van der Waals surface area contributed by atoms with Gasteiger partial charge in [-0.3, -0.25) is 4.79 Å². The highest BCUT2D eigenvalue weighted by Gasteiger charge is 2.08. The summed E-state index contributed by atoms with van der Waals surface area (Å²) in [4.78, 5) is 17.4. The quantitative estimate of drug-likeness (QED) is 0.523. The molecule has 2 rings (SSSR count). The number of carbonyl (C=O) groups excluding carboxylic acids is 1. The van der Waals surface area contributed by atoms with Gasteiger partial charge in [-0.25, -0.2) is 5.06 Å². The number of hydrogen-bond donors (Lipinski definition) is 0. The van der Waals surface area contributed by atoms with Crippen LogP contribution in [0.4, 0.5) is 0 Å². The van der Waals surface area contributed by atoms with Crippen molar-refractivity contribution in [1.82, 2.24) is 5.06 Å². The minimum atomic E-state index is -0.195. The van der Waals surface area contributed by atoms with Crippen molar-refractivity contribution in [3.63, 3.8) is 0 Å². The van der Waals surface area contributed by atoms with Crippen LogP contribution in [0.1, 0.15) is 37.3 Å². The number of carbonyl (C=O) groups is 1. The second-order valence-corrected chi connectivity index (χ2v) is 5.99. The number of hydroxylamine groups is 2. The Morgan fingerprint density at radius 2 is 1.96 bits per heavy atom. The Kier molecular flexibility index (Phi) is 6.67. The maximum absolute atomic E-state index is 11.8. The van der Waals surface area contributed by atoms with E-state index >= 15 is 0 Å². The molecule has 0 spiro atoms. The van der Waals surface area contributed by atoms with Gasteiger partial charge in [0.2, 0.25) is 0 Å². The highest BCUT2D eigenvalue weighted by molar-refractivity contribution is 5.69. The van der Waals surface area contributed by atoms with Crippen molar-refractivity contribution in [2.45, 2.75) is 39.7 Å². The van der Waals surface area contributed by atoms with Crippen LogP contribution in [0.5, 0.6) is 0 Å². The Hall–Kier alpha value is -2.49. The number of nitrogens with zero attached hydrogens (tertiary/aromatic N) is 1. The third kappa shape index (κ3) is 6.32. The molecular weight excluding hydrogens is 302 g/mol. The number of esters is 1. The van der Waals surface area contributed by atoms with Crippen molar-refractivity contribution in [2.24, 2.45) is 0 Å². The van der Waals surface area contributed by atoms with Gasteiger partial charge in [0.15, 0.2) is 0 Å². The molecule has 1 aliphatic rings. The molecule has 0 aromatic heterocycles. The summed E-state index contributed by atoms with van der Waals surface area (Å²) >= 11 is 0. The van der Waals surface area contributed by atoms with Crippen molar-refractivity contribution >= 4 is 5.97 Å². The molecule has 0 radical (unpaired) electrons. The molecular formula is C20H25NO3. The lowest BCUT2D eigenvalue weighted by Crippen LogP contribution is -2.19. The summed E-state index contributed by atoms with van der Waals surface area (Å²) in [5.41, 5.74) is 3.41. The lowest BCUT2D eigenvalue weighted by Gasteiger charge is -2.22. The Labute approximate surface area is 144 Å². The molecule has 0 unspecified atom stereocenters. The number of ether oxygens (including phenoxy) is 1. The molecule has 4 heteroatoms. The topological polar surface area (TPSA) is 38.8 Å². The Bertz CT molecular complexity index is 629. The Balaban J connectivity index is 1.59. The molecule has 0 fully saturated rings. The van der Waals surface area contributed by atoms with Gasteiger partial charge in [0.05, 0.1) is 6.54 Å². The van der Waals surface area contributed by atoms with Crippen molar-refractivity contribution in [2.75, 3.05) is 6.54 Å². The minimum absolute atomic E-state index is 0.195. The fourth-order valence-electron chi connectivity index (χ4n) is 2.19. The van der Waals surface area contributed by atoms with E-state index in [1.807, 2.05) is 50.4 Å². The zero-order valence-electron chi connectivity index (χ0n) is 14.5. The second-order valence-electron chi connectivity index (χ2n) is 5.99. The fourth-order valence-corrected chi connectivity index (χ4v) is 2.19. The molecule has 0 bridgehead atoms. The van der Waals surface area contributed by atoms with Gasteiger partial charge < -0.3 is 9.57 Å². The van der Waals surface area contributed by atoms with Crippen molar-refractivity contribution in [3.05, 3.63) is 71.7 Å². The van der Waals surface area contributed by atoms with Crippen LogP contribution in [-0.2, 0) is 21.0 Å². The van der Waals surface area contributed by atoms with Gasteiger partial charge in [-0.1, -0.05) is 48.1 Å². The fraction of sp³-hybridized carbons (Fsp3) is 0.350. The van der Waals surface area contributed by atoms with Crippen LogP contribution < -0.4 is 0 Å². The standard InChI is InChI=1S/C20H25NO3/c1-16-7-9-19(10-8-16)15-23-20(22)6-4-5-18(3)24-21-13-11-17(2)12-14-21/h7-13H,3-6,14-15H2,1-2H3. The molecule has 4 nitrogen and oxygen atoms in total. The molecule has 0 N–H and O–H groups in total. The third-order valence-corrected chi connectivity index (χ3v) is 3.70. The normalized spacial score (nSPS) is 13.4. The average molecular weight is 327 g/mol. The SMILES string of the molecule is C=C(CCCC(=O)OCc1ccc(C)cc1)ON1C=CC(C)=CC1. The summed E-state index contributed by atoms with van der Waals surface area (Å²) in [5.74, 6) is 0.457. The van der Waals surface area contributed by atoms with Crippen molar-refractivity contribution in [1.29, 1.82) is 0 Å². The van der Waals surface area contributed by atoms with Gasteiger partial charge >= 0.3 is 5.97 Å². The summed E-state index contributed by atoms with van der Waals surface area (Å²) in [6.07, 6.45) is 7.61. The Morgan fingerprint density at radius 1 is 1.21 bits per heavy atom. The van der Waals surface area contributed by atoms with Crippen LogP contribution >= 0.6 is 0 Å². The summed E-state index contributed by atoms with van der Waals surface area (Å²) in [6.45, 7) is 9.00. The summed E-state index contributed by atoms with van der Waals surface area (Å²) < 4.78 is 5.27. The second kappa shape index (κ2) is 8.96. The summed E-state index contributed by atoms with van der Waals surface area (Å²) in [5, 5.41) is 1.73. The van der Waals surface area contributed by atoms with Gasteiger partial charge in [-0.15, -0.1) is 0 Å². The zero-order valence-corrected chi connectivity index (χ0v) is 14.5. The summed E-state index contributed by atoms with van der Waals surface area (Å²) in [7, 11) is 0. The molecule has 0 saturated carbocycles. The van der Waals surface area contributed by atoms with Crippen molar-refractivity contribution in [3.8, 4) is 0 Å². The van der Waals surface area contributed by atoms with Gasteiger partial charge in [0.1, 0.15) is 12.4 Å². The molecule has 0 atom stereocenters. The first-order chi connectivity index (χ1) is 11.5. The maximum atomic E-state index is 11.8. The van der Waals surface area contributed by atoms with Crippen LogP contribution in [0.3, 0.4) is 0 Å². The molecule has 24 heavy (non-hydrogen) atoms. The van der Waals surface area contributed by atoms with E-state index in [0.717, 1.165) is 5.56 Å². The van der Waals surface area contributed by atoms with Crippen LogP contribution in [0.2, 0.25) is 0 Å². The first kappa shape index (κ1) is 17.9. The molecule has 0 aliphatic carbocycles. The number of hydrogen-bond acceptors (Lipinski definition) is 4. The van der Waals surface area contributed by atoms with Crippen LogP contribution in [0, 0.1) is 6.92 Å². The largest absolute Gasteiger partial charge is 0.461 e. The lowest BCUT2D eigenvalue weighted by molar-refractivity contribution is -0.145. The average Bonchev–Trinajstić information content (AvgIpc) is 2.56. The number of allylic oxidation sites excluding steroid dienone is 3. The van der Waals surface area contributed by atoms with E-state index in [2.05, 4.69) is 12.7 Å². The number of benzene rings is 1. The number of aryl methyl sites for hydroxylation is 1. The first-order valence-electron chi connectivity index (χ1n) is 8.21. The van der Waals surface area contributed by atoms with E-state index in [1.165, 1.54) is 11.1 Å². The molecule has 0 amide bonds. The van der Waals surface area contributed by atoms with E-state index in [1.54, 1.807) is 5.06 Å². The summed E-state index contributed by atoms with van der Waals surface area (Å²) in [6, 6.07) is 7.97. The molecule has 0 saturated heterocycles. The minimum Gasteiger partial charge on any atom is -0.461 e. The molecule has 1 heterocycles. The van der Waals surface area contributed by atoms with E-state index < -0.39 is 0 Å². The van der Waals surface area contributed by atoms with E-state index in [-0.39, 0.29) is 5.97 Å². The third-order valence-electron chi connectivity index (χ3n) is 3.70. The van der Waals surface area contributed by atoms with Crippen molar-refractivity contribution < 1.29 is 14.4 Å². The first-order valence-corrected chi connectivity index (χ1v) is 8.21. The molecule has 1 aromatic rings.